The quantitative estimate of drug-likeness (QED) is 0.662. The van der Waals surface area contributed by atoms with E-state index >= 15 is 0 Å². The Morgan fingerprint density at radius 3 is 3.00 bits per heavy atom. The summed E-state index contributed by atoms with van der Waals surface area (Å²) in [4.78, 5) is 0. The van der Waals surface area contributed by atoms with E-state index in [4.69, 9.17) is 5.26 Å². The standard InChI is InChI=1S/C11H13N3/c1-10(2)8-14-9-11(7-13-14)5-3-4-6-12/h7,9-10H,4,8H2,1-2H3. The van der Waals surface area contributed by atoms with Gasteiger partial charge in [-0.2, -0.15) is 10.4 Å². The third-order valence-electron chi connectivity index (χ3n) is 1.59. The number of aromatic nitrogens is 2. The molecule has 0 unspecified atom stereocenters. The van der Waals surface area contributed by atoms with Gasteiger partial charge in [0.2, 0.25) is 0 Å². The summed E-state index contributed by atoms with van der Waals surface area (Å²) in [6.07, 6.45) is 3.91. The Labute approximate surface area is 84.3 Å². The maximum atomic E-state index is 8.30. The zero-order valence-electron chi connectivity index (χ0n) is 8.49. The summed E-state index contributed by atoms with van der Waals surface area (Å²) in [5.41, 5.74) is 0.876. The highest BCUT2D eigenvalue weighted by molar-refractivity contribution is 5.30. The van der Waals surface area contributed by atoms with E-state index < -0.39 is 0 Å². The van der Waals surface area contributed by atoms with E-state index in [1.807, 2.05) is 16.9 Å². The molecule has 14 heavy (non-hydrogen) atoms. The van der Waals surface area contributed by atoms with E-state index in [1.165, 1.54) is 0 Å². The zero-order valence-corrected chi connectivity index (χ0v) is 8.49. The van der Waals surface area contributed by atoms with E-state index in [1.54, 1.807) is 6.20 Å². The highest BCUT2D eigenvalue weighted by Crippen LogP contribution is 2.00. The number of rotatable bonds is 2. The normalized spacial score (nSPS) is 9.29. The van der Waals surface area contributed by atoms with Crippen molar-refractivity contribution in [1.29, 1.82) is 5.26 Å². The van der Waals surface area contributed by atoms with Gasteiger partial charge < -0.3 is 0 Å². The van der Waals surface area contributed by atoms with Crippen LogP contribution in [-0.2, 0) is 6.54 Å². The topological polar surface area (TPSA) is 41.6 Å². The molecule has 72 valence electrons. The summed E-state index contributed by atoms with van der Waals surface area (Å²) < 4.78 is 1.88. The molecular weight excluding hydrogens is 174 g/mol. The molecule has 0 amide bonds. The number of hydrogen-bond donors (Lipinski definition) is 0. The lowest BCUT2D eigenvalue weighted by molar-refractivity contribution is 0.483. The molecule has 0 atom stereocenters. The minimum atomic E-state index is 0.273. The van der Waals surface area contributed by atoms with Crippen molar-refractivity contribution < 1.29 is 0 Å². The van der Waals surface area contributed by atoms with Crippen LogP contribution in [0.25, 0.3) is 0 Å². The average molecular weight is 187 g/mol. The van der Waals surface area contributed by atoms with Crippen molar-refractivity contribution in [2.75, 3.05) is 0 Å². The molecule has 0 fully saturated rings. The van der Waals surface area contributed by atoms with Crippen molar-refractivity contribution in [1.82, 2.24) is 9.78 Å². The van der Waals surface area contributed by atoms with Gasteiger partial charge in [0, 0.05) is 12.7 Å². The molecule has 1 aromatic heterocycles. The first-order chi connectivity index (χ1) is 6.72. The van der Waals surface area contributed by atoms with E-state index in [9.17, 15) is 0 Å². The largest absolute Gasteiger partial charge is 0.271 e. The molecule has 0 aliphatic rings. The molecule has 1 aromatic rings. The third kappa shape index (κ3) is 3.33. The van der Waals surface area contributed by atoms with Gasteiger partial charge in [-0.25, -0.2) is 0 Å². The van der Waals surface area contributed by atoms with Crippen LogP contribution in [0, 0.1) is 29.1 Å². The zero-order chi connectivity index (χ0) is 10.4. The molecule has 3 nitrogen and oxygen atoms in total. The Bertz CT molecular complexity index is 385. The van der Waals surface area contributed by atoms with Crippen LogP contribution in [0.2, 0.25) is 0 Å². The second kappa shape index (κ2) is 5.09. The van der Waals surface area contributed by atoms with Crippen LogP contribution >= 0.6 is 0 Å². The van der Waals surface area contributed by atoms with Gasteiger partial charge in [-0.3, -0.25) is 4.68 Å². The molecule has 0 saturated heterocycles. The summed E-state index contributed by atoms with van der Waals surface area (Å²) in [5.74, 6) is 6.22. The molecule has 0 spiro atoms. The van der Waals surface area contributed by atoms with Crippen LogP contribution in [0.5, 0.6) is 0 Å². The van der Waals surface area contributed by atoms with Gasteiger partial charge in [-0.05, 0) is 5.92 Å². The van der Waals surface area contributed by atoms with Crippen LogP contribution in [0.4, 0.5) is 0 Å². The monoisotopic (exact) mass is 187 g/mol. The lowest BCUT2D eigenvalue weighted by Crippen LogP contribution is -2.03. The Kier molecular flexibility index (Phi) is 3.76. The second-order valence-corrected chi connectivity index (χ2v) is 3.48. The summed E-state index contributed by atoms with van der Waals surface area (Å²) in [5, 5.41) is 12.5. The fourth-order valence-corrected chi connectivity index (χ4v) is 1.09. The predicted octanol–water partition coefficient (Wildman–Crippen LogP) is 1.80. The Morgan fingerprint density at radius 2 is 2.36 bits per heavy atom. The van der Waals surface area contributed by atoms with Crippen molar-refractivity contribution in [3.63, 3.8) is 0 Å². The van der Waals surface area contributed by atoms with Crippen molar-refractivity contribution >= 4 is 0 Å². The summed E-state index contributed by atoms with van der Waals surface area (Å²) in [6.45, 7) is 5.19. The molecule has 1 rings (SSSR count). The van der Waals surface area contributed by atoms with E-state index in [0.29, 0.717) is 5.92 Å². The fourth-order valence-electron chi connectivity index (χ4n) is 1.09. The van der Waals surface area contributed by atoms with E-state index in [2.05, 4.69) is 30.8 Å². The van der Waals surface area contributed by atoms with Gasteiger partial charge >= 0.3 is 0 Å². The van der Waals surface area contributed by atoms with Gasteiger partial charge in [0.05, 0.1) is 24.3 Å². The lowest BCUT2D eigenvalue weighted by Gasteiger charge is -2.02. The number of hydrogen-bond acceptors (Lipinski definition) is 2. The molecule has 0 aliphatic carbocycles. The minimum absolute atomic E-state index is 0.273. The molecule has 0 aromatic carbocycles. The van der Waals surface area contributed by atoms with Crippen molar-refractivity contribution in [2.24, 2.45) is 5.92 Å². The van der Waals surface area contributed by atoms with Crippen LogP contribution in [-0.4, -0.2) is 9.78 Å². The van der Waals surface area contributed by atoms with Crippen LogP contribution in [0.15, 0.2) is 12.4 Å². The number of nitrogens with zero attached hydrogens (tertiary/aromatic N) is 3. The maximum absolute atomic E-state index is 8.30. The van der Waals surface area contributed by atoms with Crippen LogP contribution < -0.4 is 0 Å². The second-order valence-electron chi connectivity index (χ2n) is 3.48. The van der Waals surface area contributed by atoms with Crippen molar-refractivity contribution in [3.05, 3.63) is 18.0 Å². The van der Waals surface area contributed by atoms with E-state index in [0.717, 1.165) is 12.1 Å². The fraction of sp³-hybridized carbons (Fsp3) is 0.455. The maximum Gasteiger partial charge on any atom is 0.0966 e. The van der Waals surface area contributed by atoms with Crippen molar-refractivity contribution in [3.8, 4) is 17.9 Å². The highest BCUT2D eigenvalue weighted by Gasteiger charge is 1.97. The van der Waals surface area contributed by atoms with Gasteiger partial charge in [0.15, 0.2) is 0 Å². The summed E-state index contributed by atoms with van der Waals surface area (Å²) in [6, 6.07) is 1.98. The molecule has 0 bridgehead atoms. The van der Waals surface area contributed by atoms with Crippen molar-refractivity contribution in [2.45, 2.75) is 26.8 Å². The Hall–Kier alpha value is -1.74. The molecule has 1 heterocycles. The Balaban J connectivity index is 2.61. The van der Waals surface area contributed by atoms with Gasteiger partial charge in [0.1, 0.15) is 0 Å². The average Bonchev–Trinajstić information content (AvgIpc) is 2.52. The predicted molar refractivity (Wildman–Crippen MR) is 54.2 cm³/mol. The minimum Gasteiger partial charge on any atom is -0.271 e. The first-order valence-electron chi connectivity index (χ1n) is 4.60. The van der Waals surface area contributed by atoms with E-state index in [-0.39, 0.29) is 6.42 Å². The van der Waals surface area contributed by atoms with Gasteiger partial charge in [-0.1, -0.05) is 25.7 Å². The van der Waals surface area contributed by atoms with Gasteiger partial charge in [-0.15, -0.1) is 0 Å². The smallest absolute Gasteiger partial charge is 0.0966 e. The first-order valence-corrected chi connectivity index (χ1v) is 4.60. The summed E-state index contributed by atoms with van der Waals surface area (Å²) >= 11 is 0. The molecule has 0 saturated carbocycles. The van der Waals surface area contributed by atoms with Gasteiger partial charge in [0.25, 0.3) is 0 Å². The Morgan fingerprint density at radius 1 is 1.57 bits per heavy atom. The molecule has 0 aliphatic heterocycles. The number of nitriles is 1. The van der Waals surface area contributed by atoms with Crippen LogP contribution in [0.3, 0.4) is 0 Å². The SMILES string of the molecule is CC(C)Cn1cc(C#CCC#N)cn1. The third-order valence-corrected chi connectivity index (χ3v) is 1.59. The highest BCUT2D eigenvalue weighted by atomic mass is 15.3. The lowest BCUT2D eigenvalue weighted by atomic mass is 10.2. The summed E-state index contributed by atoms with van der Waals surface area (Å²) in [7, 11) is 0. The molecule has 3 heteroatoms. The molecular formula is C11H13N3. The first kappa shape index (κ1) is 10.3. The molecule has 0 radical (unpaired) electrons. The molecule has 0 N–H and O–H groups in total. The van der Waals surface area contributed by atoms with Crippen LogP contribution in [0.1, 0.15) is 25.8 Å².